The number of hydrogen-bond acceptors (Lipinski definition) is 3. The topological polar surface area (TPSA) is 36.8 Å². The maximum absolute atomic E-state index is 5.79. The predicted molar refractivity (Wildman–Crippen MR) is 41.3 cm³/mol. The molecular weight excluding hydrogens is 150 g/mol. The second kappa shape index (κ2) is 2.09. The molecule has 2 rings (SSSR count). The van der Waals surface area contributed by atoms with E-state index >= 15 is 0 Å². The third-order valence-corrected chi connectivity index (χ3v) is 1.94. The molecule has 52 valence electrons. The van der Waals surface area contributed by atoms with Crippen LogP contribution in [0.15, 0.2) is 22.3 Å². The predicted octanol–water partition coefficient (Wildman–Crippen LogP) is 0.725. The molecule has 0 saturated heterocycles. The zero-order chi connectivity index (χ0) is 6.97. The van der Waals surface area contributed by atoms with Crippen LogP contribution < -0.4 is 5.32 Å². The van der Waals surface area contributed by atoms with E-state index in [1.165, 1.54) is 6.34 Å². The molecule has 0 aromatic heterocycles. The van der Waals surface area contributed by atoms with E-state index in [0.29, 0.717) is 5.17 Å². The van der Waals surface area contributed by atoms with Gasteiger partial charge in [-0.1, -0.05) is 17.7 Å². The van der Waals surface area contributed by atoms with E-state index in [0.717, 1.165) is 0 Å². The lowest BCUT2D eigenvalue weighted by molar-refractivity contribution is 0.596. The van der Waals surface area contributed by atoms with Crippen molar-refractivity contribution in [3.8, 4) is 0 Å². The number of rotatable bonds is 0. The van der Waals surface area contributed by atoms with E-state index < -0.39 is 0 Å². The average Bonchev–Trinajstić information content (AvgIpc) is 2.36. The Morgan fingerprint density at radius 2 is 2.50 bits per heavy atom. The third-order valence-electron chi connectivity index (χ3n) is 1.59. The molecule has 0 bridgehead atoms. The zero-order valence-electron chi connectivity index (χ0n) is 5.16. The number of hydrogen-bond donors (Lipinski definition) is 1. The zero-order valence-corrected chi connectivity index (χ0v) is 5.92. The van der Waals surface area contributed by atoms with Crippen molar-refractivity contribution in [3.05, 3.63) is 12.3 Å². The van der Waals surface area contributed by atoms with E-state index in [1.54, 1.807) is 0 Å². The van der Waals surface area contributed by atoms with Gasteiger partial charge in [-0.3, -0.25) is 0 Å². The van der Waals surface area contributed by atoms with Crippen molar-refractivity contribution in [2.45, 2.75) is 6.17 Å². The highest BCUT2D eigenvalue weighted by Crippen LogP contribution is 2.19. The Morgan fingerprint density at radius 3 is 3.30 bits per heavy atom. The molecule has 2 unspecified atom stereocenters. The Labute approximate surface area is 63.5 Å². The van der Waals surface area contributed by atoms with Crippen LogP contribution in [0.2, 0.25) is 0 Å². The summed E-state index contributed by atoms with van der Waals surface area (Å²) in [7, 11) is 0. The minimum Gasteiger partial charge on any atom is -0.369 e. The summed E-state index contributed by atoms with van der Waals surface area (Å²) < 4.78 is 0. The van der Waals surface area contributed by atoms with Crippen molar-refractivity contribution in [3.63, 3.8) is 0 Å². The number of fused-ring (bicyclic) bond motifs is 1. The average molecular weight is 156 g/mol. The number of nitrogens with one attached hydrogen (secondary N) is 1. The smallest absolute Gasteiger partial charge is 0.132 e. The summed E-state index contributed by atoms with van der Waals surface area (Å²) in [6.07, 6.45) is 5.40. The van der Waals surface area contributed by atoms with Crippen LogP contribution in [0.3, 0.4) is 0 Å². The lowest BCUT2D eigenvalue weighted by Crippen LogP contribution is -2.30. The molecule has 2 atom stereocenters. The molecular formula is C6H6ClN3. The minimum atomic E-state index is 0.0880. The maximum Gasteiger partial charge on any atom is 0.132 e. The van der Waals surface area contributed by atoms with Crippen LogP contribution in [0.1, 0.15) is 0 Å². The highest BCUT2D eigenvalue weighted by Gasteiger charge is 2.26. The lowest BCUT2D eigenvalue weighted by atomic mass is 10.1. The van der Waals surface area contributed by atoms with Crippen LogP contribution in [0, 0.1) is 5.92 Å². The van der Waals surface area contributed by atoms with Gasteiger partial charge in [0.15, 0.2) is 0 Å². The van der Waals surface area contributed by atoms with E-state index in [2.05, 4.69) is 15.3 Å². The molecule has 0 spiro atoms. The molecule has 0 aliphatic carbocycles. The summed E-state index contributed by atoms with van der Waals surface area (Å²) in [6, 6.07) is 0. The highest BCUT2D eigenvalue weighted by molar-refractivity contribution is 6.66. The van der Waals surface area contributed by atoms with Crippen LogP contribution in [-0.4, -0.2) is 17.7 Å². The number of nitrogens with zero attached hydrogens (tertiary/aromatic N) is 2. The second-order valence-corrected chi connectivity index (χ2v) is 2.60. The van der Waals surface area contributed by atoms with E-state index in [1.807, 2.05) is 12.3 Å². The normalized spacial score (nSPS) is 35.1. The first-order chi connectivity index (χ1) is 4.88. The Balaban J connectivity index is 2.30. The van der Waals surface area contributed by atoms with Crippen molar-refractivity contribution in [1.29, 1.82) is 0 Å². The van der Waals surface area contributed by atoms with Crippen LogP contribution in [0.5, 0.6) is 0 Å². The molecule has 0 fully saturated rings. The summed E-state index contributed by atoms with van der Waals surface area (Å²) >= 11 is 5.79. The molecule has 0 aromatic rings. The molecule has 0 amide bonds. The van der Waals surface area contributed by atoms with Gasteiger partial charge in [-0.2, -0.15) is 0 Å². The molecule has 4 heteroatoms. The van der Waals surface area contributed by atoms with E-state index in [9.17, 15) is 0 Å². The molecule has 2 heterocycles. The summed E-state index contributed by atoms with van der Waals surface area (Å²) in [4.78, 5) is 7.94. The standard InChI is InChI=1S/C6H6ClN3/c7-5-4-1-2-8-6(4)10-3-9-5/h1-4,6,8H. The fourth-order valence-corrected chi connectivity index (χ4v) is 1.29. The molecule has 0 aromatic carbocycles. The SMILES string of the molecule is ClC1=NC=NC2NC=CC12. The monoisotopic (exact) mass is 155 g/mol. The summed E-state index contributed by atoms with van der Waals surface area (Å²) in [5.41, 5.74) is 0. The molecule has 2 aliphatic heterocycles. The first-order valence-corrected chi connectivity index (χ1v) is 3.43. The van der Waals surface area contributed by atoms with Gasteiger partial charge in [-0.15, -0.1) is 0 Å². The first kappa shape index (κ1) is 5.92. The van der Waals surface area contributed by atoms with E-state index in [4.69, 9.17) is 11.6 Å². The van der Waals surface area contributed by atoms with Crippen molar-refractivity contribution in [2.75, 3.05) is 0 Å². The molecule has 1 N–H and O–H groups in total. The lowest BCUT2D eigenvalue weighted by Gasteiger charge is -2.15. The van der Waals surface area contributed by atoms with Gasteiger partial charge < -0.3 is 5.32 Å². The molecule has 2 aliphatic rings. The van der Waals surface area contributed by atoms with Gasteiger partial charge >= 0.3 is 0 Å². The Morgan fingerprint density at radius 1 is 1.60 bits per heavy atom. The fourth-order valence-electron chi connectivity index (χ4n) is 1.06. The van der Waals surface area contributed by atoms with Crippen LogP contribution in [0.4, 0.5) is 0 Å². The van der Waals surface area contributed by atoms with Gasteiger partial charge in [-0.05, 0) is 6.20 Å². The minimum absolute atomic E-state index is 0.0880. The van der Waals surface area contributed by atoms with Crippen molar-refractivity contribution >= 4 is 23.1 Å². The quantitative estimate of drug-likeness (QED) is 0.550. The summed E-state index contributed by atoms with van der Waals surface area (Å²) in [5.74, 6) is 0.159. The molecule has 3 nitrogen and oxygen atoms in total. The van der Waals surface area contributed by atoms with Gasteiger partial charge in [0.05, 0.1) is 5.92 Å². The van der Waals surface area contributed by atoms with Crippen molar-refractivity contribution in [1.82, 2.24) is 5.32 Å². The Hall–Kier alpha value is -0.830. The Kier molecular flexibility index (Phi) is 1.24. The second-order valence-electron chi connectivity index (χ2n) is 2.21. The van der Waals surface area contributed by atoms with Gasteiger partial charge in [0.1, 0.15) is 17.7 Å². The van der Waals surface area contributed by atoms with Gasteiger partial charge in [-0.25, -0.2) is 9.98 Å². The van der Waals surface area contributed by atoms with Crippen LogP contribution in [-0.2, 0) is 0 Å². The highest BCUT2D eigenvalue weighted by atomic mass is 35.5. The fraction of sp³-hybridized carbons (Fsp3) is 0.333. The Bertz CT molecular complexity index is 231. The third kappa shape index (κ3) is 0.743. The van der Waals surface area contributed by atoms with Gasteiger partial charge in [0.25, 0.3) is 0 Å². The molecule has 0 radical (unpaired) electrons. The van der Waals surface area contributed by atoms with Crippen LogP contribution in [0.25, 0.3) is 0 Å². The molecule has 10 heavy (non-hydrogen) atoms. The maximum atomic E-state index is 5.79. The number of halogens is 1. The van der Waals surface area contributed by atoms with Crippen molar-refractivity contribution in [2.24, 2.45) is 15.9 Å². The molecule has 0 saturated carbocycles. The van der Waals surface area contributed by atoms with Crippen LogP contribution >= 0.6 is 11.6 Å². The first-order valence-electron chi connectivity index (χ1n) is 3.05. The van der Waals surface area contributed by atoms with E-state index in [-0.39, 0.29) is 12.1 Å². The van der Waals surface area contributed by atoms with Gasteiger partial charge in [0, 0.05) is 0 Å². The van der Waals surface area contributed by atoms with Gasteiger partial charge in [0.2, 0.25) is 0 Å². The van der Waals surface area contributed by atoms with Crippen molar-refractivity contribution < 1.29 is 0 Å². The largest absolute Gasteiger partial charge is 0.369 e. The number of aliphatic imine (C=N–C) groups is 2. The summed E-state index contributed by atoms with van der Waals surface area (Å²) in [6.45, 7) is 0. The summed E-state index contributed by atoms with van der Waals surface area (Å²) in [5, 5.41) is 3.66.